The van der Waals surface area contributed by atoms with Crippen molar-refractivity contribution in [2.45, 2.75) is 43.9 Å². The summed E-state index contributed by atoms with van der Waals surface area (Å²) in [6.07, 6.45) is 3.86. The zero-order valence-corrected chi connectivity index (χ0v) is 9.23. The van der Waals surface area contributed by atoms with E-state index < -0.39 is 0 Å². The summed E-state index contributed by atoms with van der Waals surface area (Å²) in [6.45, 7) is 3.73. The number of β-amino-alcohol motifs (C(OH)–C–C–N with tert-alkyl or cyclic N) is 1. The molecule has 1 heterocycles. The van der Waals surface area contributed by atoms with E-state index in [-0.39, 0.29) is 12.2 Å². The van der Waals surface area contributed by atoms with Crippen molar-refractivity contribution < 1.29 is 10.2 Å². The second kappa shape index (κ2) is 5.25. The molecule has 2 rings (SSSR count). The van der Waals surface area contributed by atoms with Crippen molar-refractivity contribution in [3.63, 3.8) is 0 Å². The third kappa shape index (κ3) is 3.41. The zero-order chi connectivity index (χ0) is 10.7. The highest BCUT2D eigenvalue weighted by molar-refractivity contribution is 4.85. The molecule has 1 saturated heterocycles. The molecule has 1 saturated carbocycles. The van der Waals surface area contributed by atoms with Crippen molar-refractivity contribution in [2.75, 3.05) is 26.2 Å². The standard InChI is InChI=1S/C11H22N2O2/c14-10-5-9(6-10)12-7-11(15)8-13-3-1-2-4-13/h9-12,14-15H,1-8H2. The fourth-order valence-corrected chi connectivity index (χ4v) is 2.38. The van der Waals surface area contributed by atoms with Gasteiger partial charge in [0.05, 0.1) is 12.2 Å². The third-order valence-corrected chi connectivity index (χ3v) is 3.42. The molecule has 4 heteroatoms. The van der Waals surface area contributed by atoms with Crippen LogP contribution in [0.1, 0.15) is 25.7 Å². The number of hydrogen-bond acceptors (Lipinski definition) is 4. The fraction of sp³-hybridized carbons (Fsp3) is 1.00. The van der Waals surface area contributed by atoms with Crippen LogP contribution >= 0.6 is 0 Å². The smallest absolute Gasteiger partial charge is 0.0791 e. The van der Waals surface area contributed by atoms with Crippen LogP contribution in [0.25, 0.3) is 0 Å². The van der Waals surface area contributed by atoms with E-state index >= 15 is 0 Å². The van der Waals surface area contributed by atoms with Crippen molar-refractivity contribution in [3.05, 3.63) is 0 Å². The highest BCUT2D eigenvalue weighted by atomic mass is 16.3. The van der Waals surface area contributed by atoms with Crippen molar-refractivity contribution in [1.29, 1.82) is 0 Å². The van der Waals surface area contributed by atoms with Crippen molar-refractivity contribution in [1.82, 2.24) is 10.2 Å². The third-order valence-electron chi connectivity index (χ3n) is 3.42. The van der Waals surface area contributed by atoms with Crippen LogP contribution in [0.4, 0.5) is 0 Å². The Hall–Kier alpha value is -0.160. The minimum absolute atomic E-state index is 0.113. The molecule has 4 nitrogen and oxygen atoms in total. The maximum absolute atomic E-state index is 9.78. The number of rotatable bonds is 5. The van der Waals surface area contributed by atoms with Crippen LogP contribution in [-0.4, -0.2) is 59.5 Å². The van der Waals surface area contributed by atoms with E-state index in [4.69, 9.17) is 5.11 Å². The molecule has 0 aromatic carbocycles. The van der Waals surface area contributed by atoms with Gasteiger partial charge in [0.1, 0.15) is 0 Å². The van der Waals surface area contributed by atoms with Crippen LogP contribution in [0.2, 0.25) is 0 Å². The van der Waals surface area contributed by atoms with Gasteiger partial charge >= 0.3 is 0 Å². The van der Waals surface area contributed by atoms with Crippen LogP contribution in [0.3, 0.4) is 0 Å². The summed E-state index contributed by atoms with van der Waals surface area (Å²) in [5, 5.41) is 22.2. The van der Waals surface area contributed by atoms with E-state index in [9.17, 15) is 5.11 Å². The second-order valence-corrected chi connectivity index (χ2v) is 4.89. The molecule has 1 aliphatic heterocycles. The molecule has 0 aromatic heterocycles. The van der Waals surface area contributed by atoms with Gasteiger partial charge in [-0.05, 0) is 38.8 Å². The Bertz CT molecular complexity index is 189. The maximum atomic E-state index is 9.78. The van der Waals surface area contributed by atoms with Crippen molar-refractivity contribution in [3.8, 4) is 0 Å². The van der Waals surface area contributed by atoms with Crippen LogP contribution in [0, 0.1) is 0 Å². The molecule has 15 heavy (non-hydrogen) atoms. The summed E-state index contributed by atoms with van der Waals surface area (Å²) < 4.78 is 0. The number of aliphatic hydroxyl groups is 2. The minimum atomic E-state index is -0.263. The van der Waals surface area contributed by atoms with E-state index in [1.54, 1.807) is 0 Å². The summed E-state index contributed by atoms with van der Waals surface area (Å²) >= 11 is 0. The van der Waals surface area contributed by atoms with Gasteiger partial charge in [0.2, 0.25) is 0 Å². The van der Waals surface area contributed by atoms with Gasteiger partial charge in [-0.1, -0.05) is 0 Å². The van der Waals surface area contributed by atoms with Crippen LogP contribution in [-0.2, 0) is 0 Å². The summed E-state index contributed by atoms with van der Waals surface area (Å²) in [5.41, 5.74) is 0. The number of likely N-dealkylation sites (tertiary alicyclic amines) is 1. The van der Waals surface area contributed by atoms with Gasteiger partial charge in [0.15, 0.2) is 0 Å². The molecular weight excluding hydrogens is 192 g/mol. The highest BCUT2D eigenvalue weighted by Crippen LogP contribution is 2.19. The van der Waals surface area contributed by atoms with Crippen molar-refractivity contribution in [2.24, 2.45) is 0 Å². The highest BCUT2D eigenvalue weighted by Gasteiger charge is 2.27. The number of aliphatic hydroxyl groups excluding tert-OH is 2. The molecule has 1 atom stereocenters. The molecule has 1 aliphatic carbocycles. The molecule has 3 N–H and O–H groups in total. The lowest BCUT2D eigenvalue weighted by atomic mass is 9.89. The Morgan fingerprint density at radius 3 is 2.53 bits per heavy atom. The van der Waals surface area contributed by atoms with Crippen LogP contribution in [0.15, 0.2) is 0 Å². The largest absolute Gasteiger partial charge is 0.393 e. The SMILES string of the molecule is OC1CC(NCC(O)CN2CCCC2)C1. The van der Waals surface area contributed by atoms with Crippen LogP contribution < -0.4 is 5.32 Å². The van der Waals surface area contributed by atoms with Gasteiger partial charge in [-0.25, -0.2) is 0 Å². The number of nitrogens with one attached hydrogen (secondary N) is 1. The Morgan fingerprint density at radius 1 is 1.27 bits per heavy atom. The van der Waals surface area contributed by atoms with E-state index in [1.807, 2.05) is 0 Å². The van der Waals surface area contributed by atoms with E-state index in [0.717, 1.165) is 32.5 Å². The minimum Gasteiger partial charge on any atom is -0.393 e. The fourth-order valence-electron chi connectivity index (χ4n) is 2.38. The van der Waals surface area contributed by atoms with Gasteiger partial charge < -0.3 is 20.4 Å². The Kier molecular flexibility index (Phi) is 3.97. The number of nitrogens with zero attached hydrogens (tertiary/aromatic N) is 1. The molecule has 2 aliphatic rings. The molecule has 0 spiro atoms. The molecule has 1 unspecified atom stereocenters. The van der Waals surface area contributed by atoms with Gasteiger partial charge in [-0.15, -0.1) is 0 Å². The molecule has 0 amide bonds. The Balaban J connectivity index is 1.54. The molecule has 0 radical (unpaired) electrons. The van der Waals surface area contributed by atoms with E-state index in [0.29, 0.717) is 12.6 Å². The van der Waals surface area contributed by atoms with E-state index in [2.05, 4.69) is 10.2 Å². The Morgan fingerprint density at radius 2 is 1.93 bits per heavy atom. The lowest BCUT2D eigenvalue weighted by molar-refractivity contribution is 0.0514. The topological polar surface area (TPSA) is 55.7 Å². The molecular formula is C11H22N2O2. The van der Waals surface area contributed by atoms with E-state index in [1.165, 1.54) is 12.8 Å². The predicted octanol–water partition coefficient (Wildman–Crippen LogP) is -0.444. The molecule has 88 valence electrons. The lowest BCUT2D eigenvalue weighted by Gasteiger charge is -2.33. The molecule has 0 aromatic rings. The average Bonchev–Trinajstić information content (AvgIpc) is 2.63. The second-order valence-electron chi connectivity index (χ2n) is 4.89. The summed E-state index contributed by atoms with van der Waals surface area (Å²) in [4.78, 5) is 2.32. The zero-order valence-electron chi connectivity index (χ0n) is 9.23. The van der Waals surface area contributed by atoms with Gasteiger partial charge in [0, 0.05) is 19.1 Å². The maximum Gasteiger partial charge on any atom is 0.0791 e. The normalized spacial score (nSPS) is 34.0. The molecule has 0 bridgehead atoms. The monoisotopic (exact) mass is 214 g/mol. The predicted molar refractivity (Wildman–Crippen MR) is 58.7 cm³/mol. The number of hydrogen-bond donors (Lipinski definition) is 3. The summed E-state index contributed by atoms with van der Waals surface area (Å²) in [7, 11) is 0. The van der Waals surface area contributed by atoms with Crippen molar-refractivity contribution >= 4 is 0 Å². The first kappa shape index (κ1) is 11.3. The van der Waals surface area contributed by atoms with Crippen LogP contribution in [0.5, 0.6) is 0 Å². The first-order chi connectivity index (χ1) is 7.24. The molecule has 2 fully saturated rings. The first-order valence-electron chi connectivity index (χ1n) is 6.06. The van der Waals surface area contributed by atoms with Gasteiger partial charge in [0.25, 0.3) is 0 Å². The average molecular weight is 214 g/mol. The first-order valence-corrected chi connectivity index (χ1v) is 6.06. The van der Waals surface area contributed by atoms with Gasteiger partial charge in [-0.3, -0.25) is 0 Å². The Labute approximate surface area is 91.3 Å². The summed E-state index contributed by atoms with van der Waals surface area (Å²) in [5.74, 6) is 0. The summed E-state index contributed by atoms with van der Waals surface area (Å²) in [6, 6.07) is 0.424. The quantitative estimate of drug-likeness (QED) is 0.580. The lowest BCUT2D eigenvalue weighted by Crippen LogP contribution is -2.48. The van der Waals surface area contributed by atoms with Gasteiger partial charge in [-0.2, -0.15) is 0 Å².